The third kappa shape index (κ3) is 2.29. The van der Waals surface area contributed by atoms with Crippen molar-refractivity contribution in [2.75, 3.05) is 0 Å². The van der Waals surface area contributed by atoms with E-state index in [1.807, 2.05) is 6.20 Å². The van der Waals surface area contributed by atoms with E-state index in [0.29, 0.717) is 5.92 Å². The lowest BCUT2D eigenvalue weighted by atomic mass is 9.77. The van der Waals surface area contributed by atoms with E-state index < -0.39 is 0 Å². The number of fused-ring (bicyclic) bond motifs is 6. The summed E-state index contributed by atoms with van der Waals surface area (Å²) in [5.74, 6) is 0.361. The standard InChI is InChI=1S/C27H21N/c1-3-9-21-18(6-1)12-15-24-23(21)14-13-20-8-5-11-25(26(20)24)27-22-10-4-2-7-19(22)16-17-28-27/h1-4,6-7,9-10,12-17,25H,5,8,11H2. The molecule has 1 aliphatic rings. The lowest BCUT2D eigenvalue weighted by Crippen LogP contribution is -2.13. The Morgan fingerprint density at radius 1 is 0.643 bits per heavy atom. The average Bonchev–Trinajstić information content (AvgIpc) is 2.78. The molecular formula is C27H21N. The van der Waals surface area contributed by atoms with Gasteiger partial charge in [-0.3, -0.25) is 4.98 Å². The quantitative estimate of drug-likeness (QED) is 0.293. The van der Waals surface area contributed by atoms with Gasteiger partial charge in [-0.25, -0.2) is 0 Å². The summed E-state index contributed by atoms with van der Waals surface area (Å²) in [5.41, 5.74) is 4.23. The van der Waals surface area contributed by atoms with Gasteiger partial charge >= 0.3 is 0 Å². The van der Waals surface area contributed by atoms with Gasteiger partial charge in [0.15, 0.2) is 0 Å². The van der Waals surface area contributed by atoms with Gasteiger partial charge < -0.3 is 0 Å². The first kappa shape index (κ1) is 15.8. The molecule has 4 aromatic carbocycles. The predicted molar refractivity (Wildman–Crippen MR) is 118 cm³/mol. The fourth-order valence-corrected chi connectivity index (χ4v) is 5.12. The van der Waals surface area contributed by atoms with Crippen molar-refractivity contribution < 1.29 is 0 Å². The molecule has 6 rings (SSSR count). The molecule has 0 saturated carbocycles. The Morgan fingerprint density at radius 2 is 1.39 bits per heavy atom. The number of nitrogens with zero attached hydrogens (tertiary/aromatic N) is 1. The Morgan fingerprint density at radius 3 is 2.29 bits per heavy atom. The van der Waals surface area contributed by atoms with Crippen LogP contribution in [0.4, 0.5) is 0 Å². The van der Waals surface area contributed by atoms with E-state index >= 15 is 0 Å². The topological polar surface area (TPSA) is 12.9 Å². The summed E-state index contributed by atoms with van der Waals surface area (Å²) in [7, 11) is 0. The van der Waals surface area contributed by atoms with Crippen LogP contribution in [0.25, 0.3) is 32.3 Å². The van der Waals surface area contributed by atoms with Crippen LogP contribution >= 0.6 is 0 Å². The first-order valence-electron chi connectivity index (χ1n) is 10.2. The minimum absolute atomic E-state index is 0.361. The zero-order chi connectivity index (χ0) is 18.5. The highest BCUT2D eigenvalue weighted by Crippen LogP contribution is 2.43. The average molecular weight is 359 g/mol. The van der Waals surface area contributed by atoms with Crippen LogP contribution in [-0.2, 0) is 6.42 Å². The third-order valence-corrected chi connectivity index (χ3v) is 6.38. The second-order valence-corrected chi connectivity index (χ2v) is 7.88. The molecule has 5 aromatic rings. The Hall–Kier alpha value is -3.19. The van der Waals surface area contributed by atoms with Crippen molar-refractivity contribution in [2.45, 2.75) is 25.2 Å². The highest BCUT2D eigenvalue weighted by Gasteiger charge is 2.26. The second kappa shape index (κ2) is 6.17. The number of benzene rings is 4. The molecule has 0 spiro atoms. The SMILES string of the molecule is c1ccc2c(C3CCCc4ccc5c(ccc6ccccc65)c43)nccc2c1. The minimum Gasteiger partial charge on any atom is -0.260 e. The number of pyridine rings is 1. The van der Waals surface area contributed by atoms with Crippen LogP contribution in [0.5, 0.6) is 0 Å². The molecule has 1 aliphatic carbocycles. The molecule has 1 heteroatoms. The van der Waals surface area contributed by atoms with Crippen LogP contribution in [0.3, 0.4) is 0 Å². The first-order chi connectivity index (χ1) is 13.9. The molecule has 134 valence electrons. The molecule has 1 atom stereocenters. The van der Waals surface area contributed by atoms with Crippen molar-refractivity contribution in [3.05, 3.63) is 102 Å². The van der Waals surface area contributed by atoms with Crippen molar-refractivity contribution in [1.29, 1.82) is 0 Å². The molecule has 1 aromatic heterocycles. The number of aryl methyl sites for hydroxylation is 1. The van der Waals surface area contributed by atoms with Gasteiger partial charge in [-0.15, -0.1) is 0 Å². The summed E-state index contributed by atoms with van der Waals surface area (Å²) in [6.07, 6.45) is 5.54. The fraction of sp³-hybridized carbons (Fsp3) is 0.148. The molecule has 0 amide bonds. The van der Waals surface area contributed by atoms with Crippen molar-refractivity contribution in [2.24, 2.45) is 0 Å². The van der Waals surface area contributed by atoms with E-state index in [1.165, 1.54) is 68.4 Å². The molecule has 0 radical (unpaired) electrons. The van der Waals surface area contributed by atoms with Gasteiger partial charge in [0.2, 0.25) is 0 Å². The maximum absolute atomic E-state index is 4.90. The summed E-state index contributed by atoms with van der Waals surface area (Å²) >= 11 is 0. The van der Waals surface area contributed by atoms with Gasteiger partial charge in [0, 0.05) is 17.5 Å². The number of hydrogen-bond acceptors (Lipinski definition) is 1. The monoisotopic (exact) mass is 359 g/mol. The fourth-order valence-electron chi connectivity index (χ4n) is 5.12. The molecule has 0 N–H and O–H groups in total. The van der Waals surface area contributed by atoms with Gasteiger partial charge in [0.1, 0.15) is 0 Å². The van der Waals surface area contributed by atoms with Crippen molar-refractivity contribution in [3.8, 4) is 0 Å². The van der Waals surface area contributed by atoms with E-state index in [2.05, 4.69) is 78.9 Å². The first-order valence-corrected chi connectivity index (χ1v) is 10.2. The minimum atomic E-state index is 0.361. The van der Waals surface area contributed by atoms with Crippen LogP contribution in [0.2, 0.25) is 0 Å². The van der Waals surface area contributed by atoms with E-state index in [1.54, 1.807) is 0 Å². The predicted octanol–water partition coefficient (Wildman–Crippen LogP) is 7.01. The Bertz CT molecular complexity index is 1340. The van der Waals surface area contributed by atoms with Crippen molar-refractivity contribution in [3.63, 3.8) is 0 Å². The van der Waals surface area contributed by atoms with Crippen LogP contribution < -0.4 is 0 Å². The molecule has 1 heterocycles. The maximum Gasteiger partial charge on any atom is 0.0556 e. The van der Waals surface area contributed by atoms with Gasteiger partial charge in [-0.05, 0) is 63.4 Å². The smallest absolute Gasteiger partial charge is 0.0556 e. The molecule has 0 fully saturated rings. The van der Waals surface area contributed by atoms with Gasteiger partial charge in [-0.1, -0.05) is 72.8 Å². The molecule has 1 nitrogen and oxygen atoms in total. The number of hydrogen-bond donors (Lipinski definition) is 0. The normalized spacial score (nSPS) is 16.5. The maximum atomic E-state index is 4.90. The summed E-state index contributed by atoms with van der Waals surface area (Å²) < 4.78 is 0. The summed E-state index contributed by atoms with van der Waals surface area (Å²) in [6, 6.07) is 28.8. The van der Waals surface area contributed by atoms with E-state index in [0.717, 1.165) is 0 Å². The van der Waals surface area contributed by atoms with Crippen LogP contribution in [0.1, 0.15) is 35.6 Å². The van der Waals surface area contributed by atoms with Gasteiger partial charge in [-0.2, -0.15) is 0 Å². The van der Waals surface area contributed by atoms with E-state index in [-0.39, 0.29) is 0 Å². The molecule has 0 bridgehead atoms. The Labute approximate surface area is 164 Å². The van der Waals surface area contributed by atoms with Crippen LogP contribution in [0.15, 0.2) is 85.1 Å². The lowest BCUT2D eigenvalue weighted by molar-refractivity contribution is 0.612. The van der Waals surface area contributed by atoms with Gasteiger partial charge in [0.05, 0.1) is 5.69 Å². The molecule has 28 heavy (non-hydrogen) atoms. The van der Waals surface area contributed by atoms with Gasteiger partial charge in [0.25, 0.3) is 0 Å². The molecule has 0 aliphatic heterocycles. The summed E-state index contributed by atoms with van der Waals surface area (Å²) in [5, 5.41) is 7.99. The lowest BCUT2D eigenvalue weighted by Gasteiger charge is -2.28. The molecular weight excluding hydrogens is 338 g/mol. The zero-order valence-corrected chi connectivity index (χ0v) is 15.7. The number of rotatable bonds is 1. The van der Waals surface area contributed by atoms with Crippen molar-refractivity contribution in [1.82, 2.24) is 4.98 Å². The second-order valence-electron chi connectivity index (χ2n) is 7.88. The summed E-state index contributed by atoms with van der Waals surface area (Å²) in [6.45, 7) is 0. The highest BCUT2D eigenvalue weighted by atomic mass is 14.7. The van der Waals surface area contributed by atoms with Crippen LogP contribution in [0, 0.1) is 0 Å². The summed E-state index contributed by atoms with van der Waals surface area (Å²) in [4.78, 5) is 4.90. The zero-order valence-electron chi connectivity index (χ0n) is 15.7. The molecule has 1 unspecified atom stereocenters. The molecule has 0 saturated heterocycles. The van der Waals surface area contributed by atoms with Crippen molar-refractivity contribution >= 4 is 32.3 Å². The highest BCUT2D eigenvalue weighted by molar-refractivity contribution is 6.09. The van der Waals surface area contributed by atoms with E-state index in [9.17, 15) is 0 Å². The Balaban J connectivity index is 1.68. The third-order valence-electron chi connectivity index (χ3n) is 6.38. The number of aromatic nitrogens is 1. The van der Waals surface area contributed by atoms with E-state index in [4.69, 9.17) is 4.98 Å². The van der Waals surface area contributed by atoms with Crippen LogP contribution in [-0.4, -0.2) is 4.98 Å². The Kier molecular flexibility index (Phi) is 3.49. The largest absolute Gasteiger partial charge is 0.260 e.